The molecule has 7 nitrogen and oxygen atoms in total. The van der Waals surface area contributed by atoms with Gasteiger partial charge in [-0.15, -0.1) is 6.58 Å². The Morgan fingerprint density at radius 3 is 2.90 bits per heavy atom. The number of likely N-dealkylation sites (N-methyl/N-ethyl adjacent to an activating group) is 1. The lowest BCUT2D eigenvalue weighted by Crippen LogP contribution is -2.51. The van der Waals surface area contributed by atoms with Gasteiger partial charge in [0.25, 0.3) is 0 Å². The normalized spacial score (nSPS) is 19.0. The molecule has 2 amide bonds. The van der Waals surface area contributed by atoms with Crippen LogP contribution in [0.15, 0.2) is 17.6 Å². The van der Waals surface area contributed by atoms with Gasteiger partial charge in [-0.1, -0.05) is 6.08 Å². The quantitative estimate of drug-likeness (QED) is 0.345. The van der Waals surface area contributed by atoms with Gasteiger partial charge in [-0.05, 0) is 6.42 Å². The minimum Gasteiger partial charge on any atom is -0.354 e. The molecule has 7 heteroatoms. The highest BCUT2D eigenvalue weighted by atomic mass is 16.2. The van der Waals surface area contributed by atoms with Gasteiger partial charge in [-0.25, -0.2) is 4.99 Å². The summed E-state index contributed by atoms with van der Waals surface area (Å²) >= 11 is 0. The molecule has 0 aromatic heterocycles. The van der Waals surface area contributed by atoms with Crippen molar-refractivity contribution >= 4 is 17.8 Å². The summed E-state index contributed by atoms with van der Waals surface area (Å²) in [4.78, 5) is 28.4. The number of nitrogens with one attached hydrogen (secondary N) is 3. The fraction of sp³-hybridized carbons (Fsp3) is 0.615. The van der Waals surface area contributed by atoms with E-state index in [1.165, 1.54) is 4.90 Å². The highest BCUT2D eigenvalue weighted by Gasteiger charge is 2.18. The SMILES string of the molecule is C=CCNC(=NCC(=O)N(C)C)NC1CCC(=O)NC1. The first-order valence-electron chi connectivity index (χ1n) is 6.65. The molecule has 0 aliphatic carbocycles. The highest BCUT2D eigenvalue weighted by molar-refractivity contribution is 5.85. The van der Waals surface area contributed by atoms with Crippen LogP contribution in [0.25, 0.3) is 0 Å². The first-order valence-corrected chi connectivity index (χ1v) is 6.65. The van der Waals surface area contributed by atoms with Gasteiger partial charge in [0.15, 0.2) is 5.96 Å². The second kappa shape index (κ2) is 8.19. The summed E-state index contributed by atoms with van der Waals surface area (Å²) in [6.07, 6.45) is 2.97. The maximum absolute atomic E-state index is 11.5. The molecule has 0 spiro atoms. The number of amides is 2. The van der Waals surface area contributed by atoms with Crippen LogP contribution in [0.1, 0.15) is 12.8 Å². The van der Waals surface area contributed by atoms with Crippen LogP contribution in [0.3, 0.4) is 0 Å². The highest BCUT2D eigenvalue weighted by Crippen LogP contribution is 2.02. The topological polar surface area (TPSA) is 85.8 Å². The second-order valence-electron chi connectivity index (χ2n) is 4.81. The summed E-state index contributed by atoms with van der Waals surface area (Å²) in [5, 5.41) is 9.07. The van der Waals surface area contributed by atoms with Crippen molar-refractivity contribution in [1.29, 1.82) is 0 Å². The van der Waals surface area contributed by atoms with Crippen molar-refractivity contribution in [2.24, 2.45) is 4.99 Å². The molecular formula is C13H23N5O2. The maximum Gasteiger partial charge on any atom is 0.243 e. The molecule has 20 heavy (non-hydrogen) atoms. The van der Waals surface area contributed by atoms with E-state index in [1.54, 1.807) is 20.2 Å². The molecule has 1 atom stereocenters. The Morgan fingerprint density at radius 1 is 1.60 bits per heavy atom. The van der Waals surface area contributed by atoms with Crippen LogP contribution in [-0.4, -0.2) is 62.4 Å². The van der Waals surface area contributed by atoms with Gasteiger partial charge < -0.3 is 20.9 Å². The first kappa shape index (κ1) is 16.0. The fourth-order valence-electron chi connectivity index (χ4n) is 1.66. The molecule has 0 saturated carbocycles. The zero-order valence-electron chi connectivity index (χ0n) is 12.1. The smallest absolute Gasteiger partial charge is 0.243 e. The Kier molecular flexibility index (Phi) is 6.55. The molecule has 0 radical (unpaired) electrons. The Bertz CT molecular complexity index is 382. The van der Waals surface area contributed by atoms with Gasteiger partial charge in [0, 0.05) is 39.6 Å². The maximum atomic E-state index is 11.5. The van der Waals surface area contributed by atoms with E-state index < -0.39 is 0 Å². The molecule has 112 valence electrons. The van der Waals surface area contributed by atoms with Crippen LogP contribution >= 0.6 is 0 Å². The van der Waals surface area contributed by atoms with Gasteiger partial charge in [-0.2, -0.15) is 0 Å². The first-order chi connectivity index (χ1) is 9.52. The van der Waals surface area contributed by atoms with E-state index in [2.05, 4.69) is 27.5 Å². The zero-order valence-corrected chi connectivity index (χ0v) is 12.1. The predicted molar refractivity (Wildman–Crippen MR) is 78.4 cm³/mol. The summed E-state index contributed by atoms with van der Waals surface area (Å²) in [5.74, 6) is 0.561. The van der Waals surface area contributed by atoms with Crippen LogP contribution in [-0.2, 0) is 9.59 Å². The summed E-state index contributed by atoms with van der Waals surface area (Å²) in [6, 6.07) is 0.123. The summed E-state index contributed by atoms with van der Waals surface area (Å²) in [7, 11) is 3.39. The molecule has 1 rings (SSSR count). The molecule has 0 aromatic carbocycles. The lowest BCUT2D eigenvalue weighted by molar-refractivity contribution is -0.127. The molecule has 1 saturated heterocycles. The zero-order chi connectivity index (χ0) is 15.0. The number of carbonyl (C=O) groups is 2. The number of nitrogens with zero attached hydrogens (tertiary/aromatic N) is 2. The van der Waals surface area contributed by atoms with E-state index in [4.69, 9.17) is 0 Å². The minimum absolute atomic E-state index is 0.0679. The van der Waals surface area contributed by atoms with Gasteiger partial charge in [0.1, 0.15) is 6.54 Å². The summed E-state index contributed by atoms with van der Waals surface area (Å²) in [5.41, 5.74) is 0. The van der Waals surface area contributed by atoms with E-state index >= 15 is 0 Å². The van der Waals surface area contributed by atoms with Gasteiger partial charge >= 0.3 is 0 Å². The Labute approximate surface area is 119 Å². The van der Waals surface area contributed by atoms with Gasteiger partial charge in [-0.3, -0.25) is 9.59 Å². The van der Waals surface area contributed by atoms with E-state index in [0.717, 1.165) is 6.42 Å². The molecule has 0 bridgehead atoms. The van der Waals surface area contributed by atoms with E-state index in [0.29, 0.717) is 25.5 Å². The number of carbonyl (C=O) groups excluding carboxylic acids is 2. The third-order valence-corrected chi connectivity index (χ3v) is 2.89. The van der Waals surface area contributed by atoms with Crippen LogP contribution in [0.4, 0.5) is 0 Å². The number of piperidine rings is 1. The largest absolute Gasteiger partial charge is 0.354 e. The number of aliphatic imine (C=N–C) groups is 1. The number of guanidine groups is 1. The number of rotatable bonds is 5. The molecular weight excluding hydrogens is 258 g/mol. The standard InChI is InChI=1S/C13H23N5O2/c1-4-7-14-13(16-9-12(20)18(2)3)17-10-5-6-11(19)15-8-10/h4,10H,1,5-9H2,2-3H3,(H,15,19)(H2,14,16,17). The molecule has 1 fully saturated rings. The third-order valence-electron chi connectivity index (χ3n) is 2.89. The third kappa shape index (κ3) is 5.73. The van der Waals surface area contributed by atoms with Crippen LogP contribution < -0.4 is 16.0 Å². The fourth-order valence-corrected chi connectivity index (χ4v) is 1.66. The average Bonchev–Trinajstić information content (AvgIpc) is 2.43. The van der Waals surface area contributed by atoms with Crippen molar-refractivity contribution in [3.63, 3.8) is 0 Å². The lowest BCUT2D eigenvalue weighted by atomic mass is 10.1. The van der Waals surface area contributed by atoms with Crippen molar-refractivity contribution in [2.45, 2.75) is 18.9 Å². The van der Waals surface area contributed by atoms with Crippen molar-refractivity contribution in [3.8, 4) is 0 Å². The van der Waals surface area contributed by atoms with Crippen LogP contribution in [0.5, 0.6) is 0 Å². The summed E-state index contributed by atoms with van der Waals surface area (Å²) < 4.78 is 0. The molecule has 3 N–H and O–H groups in total. The van der Waals surface area contributed by atoms with Crippen molar-refractivity contribution in [3.05, 3.63) is 12.7 Å². The van der Waals surface area contributed by atoms with Crippen LogP contribution in [0, 0.1) is 0 Å². The second-order valence-corrected chi connectivity index (χ2v) is 4.81. The monoisotopic (exact) mass is 281 g/mol. The summed E-state index contributed by atoms with van der Waals surface area (Å²) in [6.45, 7) is 4.84. The van der Waals surface area contributed by atoms with Crippen molar-refractivity contribution < 1.29 is 9.59 Å². The Hall–Kier alpha value is -2.05. The molecule has 1 unspecified atom stereocenters. The van der Waals surface area contributed by atoms with E-state index in [1.807, 2.05) is 0 Å². The molecule has 1 aliphatic rings. The minimum atomic E-state index is -0.0679. The van der Waals surface area contributed by atoms with E-state index in [-0.39, 0.29) is 24.4 Å². The van der Waals surface area contributed by atoms with Crippen molar-refractivity contribution in [2.75, 3.05) is 33.7 Å². The van der Waals surface area contributed by atoms with Crippen molar-refractivity contribution in [1.82, 2.24) is 20.9 Å². The molecule has 1 heterocycles. The Morgan fingerprint density at radius 2 is 2.35 bits per heavy atom. The lowest BCUT2D eigenvalue weighted by Gasteiger charge is -2.25. The molecule has 0 aromatic rings. The van der Waals surface area contributed by atoms with Gasteiger partial charge in [0.2, 0.25) is 11.8 Å². The Balaban J connectivity index is 2.54. The number of hydrogen-bond acceptors (Lipinski definition) is 3. The van der Waals surface area contributed by atoms with E-state index in [9.17, 15) is 9.59 Å². The van der Waals surface area contributed by atoms with Gasteiger partial charge in [0.05, 0.1) is 0 Å². The average molecular weight is 281 g/mol. The van der Waals surface area contributed by atoms with Crippen LogP contribution in [0.2, 0.25) is 0 Å². The number of hydrogen-bond donors (Lipinski definition) is 3. The molecule has 1 aliphatic heterocycles. The predicted octanol–water partition coefficient (Wildman–Crippen LogP) is -0.926.